The molecule has 0 aliphatic heterocycles. The number of methoxy groups -OCH3 is 1. The van der Waals surface area contributed by atoms with Crippen molar-refractivity contribution in [1.82, 2.24) is 0 Å². The van der Waals surface area contributed by atoms with Crippen LogP contribution in [0.25, 0.3) is 0 Å². The largest absolute Gasteiger partial charge is 0.469 e. The third-order valence-corrected chi connectivity index (χ3v) is 4.10. The number of hydrogen-bond acceptors (Lipinski definition) is 3. The molecule has 0 spiro atoms. The van der Waals surface area contributed by atoms with Crippen molar-refractivity contribution in [3.63, 3.8) is 0 Å². The fraction of sp³-hybridized carbons (Fsp3) is 0.533. The molecule has 0 heterocycles. The fourth-order valence-corrected chi connectivity index (χ4v) is 2.45. The van der Waals surface area contributed by atoms with Gasteiger partial charge in [-0.25, -0.2) is 0 Å². The second-order valence-corrected chi connectivity index (χ2v) is 6.60. The highest BCUT2D eigenvalue weighted by Crippen LogP contribution is 2.26. The summed E-state index contributed by atoms with van der Waals surface area (Å²) in [6, 6.07) is 8.56. The van der Waals surface area contributed by atoms with Crippen LogP contribution in [0.15, 0.2) is 29.2 Å². The number of carbonyl (C=O) groups is 1. The second-order valence-electron chi connectivity index (χ2n) is 5.51. The molecule has 0 fully saturated rings. The van der Waals surface area contributed by atoms with Crippen LogP contribution >= 0.6 is 11.8 Å². The van der Waals surface area contributed by atoms with Crippen molar-refractivity contribution in [1.29, 1.82) is 0 Å². The maximum atomic E-state index is 11.3. The summed E-state index contributed by atoms with van der Waals surface area (Å²) in [5, 5.41) is 0. The minimum absolute atomic E-state index is 0.0673. The van der Waals surface area contributed by atoms with Crippen molar-refractivity contribution in [3.8, 4) is 0 Å². The average molecular weight is 266 g/mol. The molecule has 2 nitrogen and oxygen atoms in total. The molecule has 0 aliphatic rings. The van der Waals surface area contributed by atoms with Crippen LogP contribution in [0.5, 0.6) is 0 Å². The zero-order valence-electron chi connectivity index (χ0n) is 11.8. The molecule has 3 heteroatoms. The van der Waals surface area contributed by atoms with Crippen molar-refractivity contribution in [2.45, 2.75) is 38.0 Å². The van der Waals surface area contributed by atoms with Crippen LogP contribution in [-0.4, -0.2) is 18.8 Å². The summed E-state index contributed by atoms with van der Waals surface area (Å²) in [6.45, 7) is 8.50. The number of carbonyl (C=O) groups excluding carboxylic acids is 1. The normalized spacial score (nSPS) is 13.2. The van der Waals surface area contributed by atoms with Gasteiger partial charge in [0.1, 0.15) is 0 Å². The molecular formula is C15H22O2S. The van der Waals surface area contributed by atoms with Crippen molar-refractivity contribution >= 4 is 17.7 Å². The van der Waals surface area contributed by atoms with Gasteiger partial charge in [-0.2, -0.15) is 0 Å². The van der Waals surface area contributed by atoms with E-state index in [0.29, 0.717) is 0 Å². The minimum Gasteiger partial charge on any atom is -0.469 e. The van der Waals surface area contributed by atoms with E-state index in [4.69, 9.17) is 4.74 Å². The highest BCUT2D eigenvalue weighted by molar-refractivity contribution is 7.99. The summed E-state index contributed by atoms with van der Waals surface area (Å²) in [4.78, 5) is 12.5. The third kappa shape index (κ3) is 4.37. The van der Waals surface area contributed by atoms with Gasteiger partial charge in [-0.3, -0.25) is 4.79 Å². The van der Waals surface area contributed by atoms with Gasteiger partial charge in [-0.1, -0.05) is 39.8 Å². The zero-order valence-corrected chi connectivity index (χ0v) is 12.6. The Morgan fingerprint density at radius 1 is 1.28 bits per heavy atom. The molecule has 0 saturated carbocycles. The Morgan fingerprint density at radius 3 is 2.28 bits per heavy atom. The average Bonchev–Trinajstić information content (AvgIpc) is 2.34. The van der Waals surface area contributed by atoms with Crippen LogP contribution in [-0.2, 0) is 14.9 Å². The molecule has 1 aromatic rings. The fourth-order valence-electron chi connectivity index (χ4n) is 1.54. The topological polar surface area (TPSA) is 26.3 Å². The van der Waals surface area contributed by atoms with E-state index in [1.165, 1.54) is 17.6 Å². The van der Waals surface area contributed by atoms with Gasteiger partial charge in [-0.05, 0) is 23.1 Å². The van der Waals surface area contributed by atoms with Gasteiger partial charge in [0, 0.05) is 10.6 Å². The van der Waals surface area contributed by atoms with Gasteiger partial charge in [0.15, 0.2) is 0 Å². The van der Waals surface area contributed by atoms with Crippen LogP contribution in [0.2, 0.25) is 0 Å². The number of ether oxygens (including phenoxy) is 1. The monoisotopic (exact) mass is 266 g/mol. The molecule has 0 aromatic heterocycles. The Morgan fingerprint density at radius 2 is 1.83 bits per heavy atom. The highest BCUT2D eigenvalue weighted by Gasteiger charge is 2.15. The Kier molecular flexibility index (Phi) is 5.27. The van der Waals surface area contributed by atoms with E-state index in [2.05, 4.69) is 45.0 Å². The molecule has 0 saturated heterocycles. The summed E-state index contributed by atoms with van der Waals surface area (Å²) >= 11 is 1.69. The second kappa shape index (κ2) is 6.28. The van der Waals surface area contributed by atoms with E-state index in [-0.39, 0.29) is 17.3 Å². The van der Waals surface area contributed by atoms with Crippen LogP contribution < -0.4 is 0 Å². The quantitative estimate of drug-likeness (QED) is 0.611. The molecule has 1 aromatic carbocycles. The van der Waals surface area contributed by atoms with Crippen molar-refractivity contribution in [2.75, 3.05) is 12.9 Å². The van der Waals surface area contributed by atoms with Crippen molar-refractivity contribution < 1.29 is 9.53 Å². The first-order valence-electron chi connectivity index (χ1n) is 6.15. The molecule has 0 aliphatic carbocycles. The van der Waals surface area contributed by atoms with E-state index in [9.17, 15) is 4.79 Å². The van der Waals surface area contributed by atoms with E-state index < -0.39 is 0 Å². The predicted molar refractivity (Wildman–Crippen MR) is 77.0 cm³/mol. The van der Waals surface area contributed by atoms with E-state index in [1.807, 2.05) is 6.92 Å². The van der Waals surface area contributed by atoms with Gasteiger partial charge in [0.05, 0.1) is 13.0 Å². The molecule has 0 N–H and O–H groups in total. The van der Waals surface area contributed by atoms with Crippen molar-refractivity contribution in [2.24, 2.45) is 5.92 Å². The Hall–Kier alpha value is -0.960. The molecule has 0 radical (unpaired) electrons. The summed E-state index contributed by atoms with van der Waals surface area (Å²) in [5.74, 6) is 0.540. The predicted octanol–water partition coefficient (Wildman–Crippen LogP) is 3.89. The number of esters is 1. The summed E-state index contributed by atoms with van der Waals surface area (Å²) in [7, 11) is 1.43. The lowest BCUT2D eigenvalue weighted by molar-refractivity contribution is -0.143. The smallest absolute Gasteiger partial charge is 0.309 e. The molecule has 18 heavy (non-hydrogen) atoms. The van der Waals surface area contributed by atoms with Crippen LogP contribution in [0.1, 0.15) is 33.3 Å². The SMILES string of the molecule is COC(=O)C(C)CSc1ccc(C(C)(C)C)cc1. The lowest BCUT2D eigenvalue weighted by atomic mass is 9.87. The number of rotatable bonds is 4. The van der Waals surface area contributed by atoms with Crippen LogP contribution in [0.3, 0.4) is 0 Å². The first-order chi connectivity index (χ1) is 8.34. The molecule has 0 amide bonds. The molecule has 1 unspecified atom stereocenters. The van der Waals surface area contributed by atoms with Crippen molar-refractivity contribution in [3.05, 3.63) is 29.8 Å². The van der Waals surface area contributed by atoms with E-state index >= 15 is 0 Å². The van der Waals surface area contributed by atoms with E-state index in [0.717, 1.165) is 5.75 Å². The number of thioether (sulfide) groups is 1. The lowest BCUT2D eigenvalue weighted by Gasteiger charge is -2.19. The number of hydrogen-bond donors (Lipinski definition) is 0. The summed E-state index contributed by atoms with van der Waals surface area (Å²) in [5.41, 5.74) is 1.51. The lowest BCUT2D eigenvalue weighted by Crippen LogP contribution is -2.14. The maximum absolute atomic E-state index is 11.3. The zero-order chi connectivity index (χ0) is 13.8. The minimum atomic E-state index is -0.145. The molecule has 0 bridgehead atoms. The van der Waals surface area contributed by atoms with E-state index in [1.54, 1.807) is 11.8 Å². The highest BCUT2D eigenvalue weighted by atomic mass is 32.2. The molecular weight excluding hydrogens is 244 g/mol. The third-order valence-electron chi connectivity index (χ3n) is 2.82. The van der Waals surface area contributed by atoms with Crippen LogP contribution in [0.4, 0.5) is 0 Å². The molecule has 100 valence electrons. The number of benzene rings is 1. The van der Waals surface area contributed by atoms with Gasteiger partial charge < -0.3 is 4.74 Å². The Labute approximate surface area is 114 Å². The maximum Gasteiger partial charge on any atom is 0.309 e. The Bertz CT molecular complexity index is 390. The van der Waals surface area contributed by atoms with Gasteiger partial charge in [0.2, 0.25) is 0 Å². The van der Waals surface area contributed by atoms with Gasteiger partial charge >= 0.3 is 5.97 Å². The van der Waals surface area contributed by atoms with Crippen LogP contribution in [0, 0.1) is 5.92 Å². The van der Waals surface area contributed by atoms with Gasteiger partial charge in [-0.15, -0.1) is 11.8 Å². The summed E-state index contributed by atoms with van der Waals surface area (Å²) in [6.07, 6.45) is 0. The first kappa shape index (κ1) is 15.1. The summed E-state index contributed by atoms with van der Waals surface area (Å²) < 4.78 is 4.71. The van der Waals surface area contributed by atoms with Gasteiger partial charge in [0.25, 0.3) is 0 Å². The molecule has 1 atom stereocenters. The first-order valence-corrected chi connectivity index (χ1v) is 7.14. The Balaban J connectivity index is 2.57. The standard InChI is InChI=1S/C15H22O2S/c1-11(14(16)17-5)10-18-13-8-6-12(7-9-13)15(2,3)4/h6-9,11H,10H2,1-5H3. The molecule has 1 rings (SSSR count).